The number of carbonyl (C=O) groups excluding carboxylic acids is 3. The molecule has 6 rings (SSSR count). The van der Waals surface area contributed by atoms with Crippen molar-refractivity contribution in [3.8, 4) is 0 Å². The number of hydrogen-bond donors (Lipinski definition) is 3. The summed E-state index contributed by atoms with van der Waals surface area (Å²) in [6, 6.07) is 0. The molecule has 0 radical (unpaired) electrons. The zero-order valence-corrected chi connectivity index (χ0v) is 16.9. The van der Waals surface area contributed by atoms with Gasteiger partial charge in [-0.2, -0.15) is 0 Å². The van der Waals surface area contributed by atoms with E-state index in [4.69, 9.17) is 18.9 Å². The summed E-state index contributed by atoms with van der Waals surface area (Å²) < 4.78 is 22.5. The highest BCUT2D eigenvalue weighted by atomic mass is 16.8. The molecule has 0 amide bonds. The Morgan fingerprint density at radius 1 is 1.03 bits per heavy atom. The average molecular weight is 424 g/mol. The molecule has 164 valence electrons. The highest BCUT2D eigenvalue weighted by molar-refractivity contribution is 5.94. The summed E-state index contributed by atoms with van der Waals surface area (Å²) in [6.45, 7) is 7.14. The lowest BCUT2D eigenvalue weighted by molar-refractivity contribution is -0.239. The van der Waals surface area contributed by atoms with E-state index in [0.29, 0.717) is 0 Å². The van der Waals surface area contributed by atoms with Gasteiger partial charge in [-0.1, -0.05) is 20.8 Å². The van der Waals surface area contributed by atoms with E-state index >= 15 is 0 Å². The fourth-order valence-corrected chi connectivity index (χ4v) is 8.12. The molecule has 2 aliphatic carbocycles. The van der Waals surface area contributed by atoms with Crippen molar-refractivity contribution in [3.63, 3.8) is 0 Å². The lowest BCUT2D eigenvalue weighted by Crippen LogP contribution is -2.67. The van der Waals surface area contributed by atoms with Crippen LogP contribution in [0.15, 0.2) is 0 Å². The van der Waals surface area contributed by atoms with Crippen LogP contribution in [0.3, 0.4) is 0 Å². The van der Waals surface area contributed by atoms with Gasteiger partial charge in [0.25, 0.3) is 0 Å². The predicted octanol–water partition coefficient (Wildman–Crippen LogP) is -1.37. The third kappa shape index (κ3) is 1.33. The van der Waals surface area contributed by atoms with E-state index in [2.05, 4.69) is 0 Å². The molecule has 10 heteroatoms. The number of carbonyl (C=O) groups is 3. The largest absolute Gasteiger partial charge is 0.459 e. The number of fused-ring (bicyclic) bond motifs is 1. The summed E-state index contributed by atoms with van der Waals surface area (Å²) in [4.78, 5) is 38.2. The van der Waals surface area contributed by atoms with Gasteiger partial charge in [0.1, 0.15) is 12.2 Å². The number of aliphatic hydroxyl groups excluding tert-OH is 2. The van der Waals surface area contributed by atoms with Crippen molar-refractivity contribution >= 4 is 17.9 Å². The van der Waals surface area contributed by atoms with Gasteiger partial charge in [0, 0.05) is 0 Å². The highest BCUT2D eigenvalue weighted by Crippen LogP contribution is 2.84. The van der Waals surface area contributed by atoms with Gasteiger partial charge in [-0.3, -0.25) is 4.79 Å². The van der Waals surface area contributed by atoms with E-state index < -0.39 is 87.9 Å². The SMILES string of the molecule is C[C@@H]1C(=O)O[C@H]2[C@@H](O)[C@@]34[C@H]5C[C@@H](C(C)(C)C)[C@@]36C(O)C(=O)O[C@H]6O[C@@]4(C(=O)O5)[C@@]12O. The molecule has 30 heavy (non-hydrogen) atoms. The predicted molar refractivity (Wildman–Crippen MR) is 92.0 cm³/mol. The third-order valence-electron chi connectivity index (χ3n) is 9.00. The summed E-state index contributed by atoms with van der Waals surface area (Å²) in [5, 5.41) is 34.7. The van der Waals surface area contributed by atoms with E-state index in [0.717, 1.165) is 0 Å². The molecule has 0 bridgehead atoms. The second-order valence-electron chi connectivity index (χ2n) is 10.7. The first-order valence-corrected chi connectivity index (χ1v) is 10.2. The van der Waals surface area contributed by atoms with Crippen molar-refractivity contribution < 1.29 is 48.7 Å². The Kier molecular flexibility index (Phi) is 2.97. The van der Waals surface area contributed by atoms with Crippen LogP contribution in [0.1, 0.15) is 34.1 Å². The van der Waals surface area contributed by atoms with Gasteiger partial charge in [0.15, 0.2) is 17.8 Å². The smallest absolute Gasteiger partial charge is 0.343 e. The standard InChI is InChI=1S/C20H24O10/c1-6-12(23)28-11-9(21)18-8-5-7(16(2,3)4)17(18)10(22)13(24)29-15(17)30-20(18,14(25)27-8)19(6,11)26/h6-11,15,21-22,26H,5H2,1-4H3/t6-,7+,8-,9-,10?,11+,15+,17+,18+,19-,20-/m1/s1. The molecular weight excluding hydrogens is 400 g/mol. The second-order valence-corrected chi connectivity index (χ2v) is 10.7. The fourth-order valence-electron chi connectivity index (χ4n) is 8.12. The molecule has 4 aliphatic heterocycles. The zero-order valence-electron chi connectivity index (χ0n) is 16.9. The molecule has 10 nitrogen and oxygen atoms in total. The van der Waals surface area contributed by atoms with Gasteiger partial charge in [-0.05, 0) is 24.7 Å². The summed E-state index contributed by atoms with van der Waals surface area (Å²) in [7, 11) is 0. The van der Waals surface area contributed by atoms with E-state index in [9.17, 15) is 29.7 Å². The van der Waals surface area contributed by atoms with Crippen molar-refractivity contribution in [1.29, 1.82) is 0 Å². The minimum atomic E-state index is -2.24. The first-order chi connectivity index (χ1) is 13.8. The molecule has 0 aromatic heterocycles. The van der Waals surface area contributed by atoms with Gasteiger partial charge in [-0.15, -0.1) is 0 Å². The Balaban J connectivity index is 1.72. The molecular formula is C20H24O10. The third-order valence-corrected chi connectivity index (χ3v) is 9.00. The summed E-state index contributed by atoms with van der Waals surface area (Å²) in [5.41, 5.74) is -8.26. The maximum absolute atomic E-state index is 13.4. The van der Waals surface area contributed by atoms with Crippen LogP contribution in [0.5, 0.6) is 0 Å². The van der Waals surface area contributed by atoms with E-state index in [1.54, 1.807) is 0 Å². The quantitative estimate of drug-likeness (QED) is 0.314. The Labute approximate surface area is 171 Å². The Hall–Kier alpha value is -1.75. The topological polar surface area (TPSA) is 149 Å². The first-order valence-electron chi connectivity index (χ1n) is 10.2. The lowest BCUT2D eigenvalue weighted by Gasteiger charge is -2.47. The number of hydrogen-bond acceptors (Lipinski definition) is 10. The molecule has 3 N–H and O–H groups in total. The van der Waals surface area contributed by atoms with Gasteiger partial charge < -0.3 is 34.3 Å². The molecule has 0 aromatic carbocycles. The number of ether oxygens (including phenoxy) is 4. The van der Waals surface area contributed by atoms with Crippen LogP contribution >= 0.6 is 0 Å². The number of rotatable bonds is 0. The molecule has 6 fully saturated rings. The summed E-state index contributed by atoms with van der Waals surface area (Å²) in [5.74, 6) is -4.32. The van der Waals surface area contributed by atoms with Crippen molar-refractivity contribution in [1.82, 2.24) is 0 Å². The van der Waals surface area contributed by atoms with E-state index in [-0.39, 0.29) is 6.42 Å². The molecule has 6 aliphatic rings. The van der Waals surface area contributed by atoms with Crippen molar-refractivity contribution in [2.75, 3.05) is 0 Å². The Morgan fingerprint density at radius 2 is 1.70 bits per heavy atom. The van der Waals surface area contributed by atoms with Crippen molar-refractivity contribution in [2.45, 2.75) is 76.0 Å². The van der Waals surface area contributed by atoms with Crippen LogP contribution in [0, 0.1) is 28.1 Å². The van der Waals surface area contributed by atoms with Crippen LogP contribution in [-0.4, -0.2) is 75.1 Å². The van der Waals surface area contributed by atoms with Gasteiger partial charge in [-0.25, -0.2) is 9.59 Å². The lowest BCUT2D eigenvalue weighted by atomic mass is 9.51. The van der Waals surface area contributed by atoms with Gasteiger partial charge >= 0.3 is 17.9 Å². The Bertz CT molecular complexity index is 925. The first kappa shape index (κ1) is 19.0. The van der Waals surface area contributed by atoms with Crippen molar-refractivity contribution in [3.05, 3.63) is 0 Å². The summed E-state index contributed by atoms with van der Waals surface area (Å²) >= 11 is 0. The fraction of sp³-hybridized carbons (Fsp3) is 0.850. The molecule has 1 unspecified atom stereocenters. The minimum Gasteiger partial charge on any atom is -0.459 e. The normalized spacial score (nSPS) is 60.1. The van der Waals surface area contributed by atoms with E-state index in [1.165, 1.54) is 6.92 Å². The molecule has 2 spiro atoms. The zero-order chi connectivity index (χ0) is 21.8. The maximum atomic E-state index is 13.4. The van der Waals surface area contributed by atoms with Crippen LogP contribution in [-0.2, 0) is 33.3 Å². The second kappa shape index (κ2) is 4.69. The highest BCUT2D eigenvalue weighted by Gasteiger charge is 3.03. The van der Waals surface area contributed by atoms with Crippen LogP contribution in [0.25, 0.3) is 0 Å². The summed E-state index contributed by atoms with van der Waals surface area (Å²) in [6.07, 6.45) is -6.91. The van der Waals surface area contributed by atoms with Gasteiger partial charge in [0.2, 0.25) is 11.9 Å². The number of aliphatic hydroxyl groups is 3. The molecule has 0 aromatic rings. The average Bonchev–Trinajstić information content (AvgIpc) is 3.35. The van der Waals surface area contributed by atoms with Crippen molar-refractivity contribution in [2.24, 2.45) is 28.1 Å². The molecule has 4 saturated heterocycles. The van der Waals surface area contributed by atoms with E-state index in [1.807, 2.05) is 20.8 Å². The van der Waals surface area contributed by atoms with Crippen LogP contribution < -0.4 is 0 Å². The number of esters is 3. The molecule has 4 heterocycles. The monoisotopic (exact) mass is 424 g/mol. The molecule has 2 saturated carbocycles. The van der Waals surface area contributed by atoms with Crippen LogP contribution in [0.4, 0.5) is 0 Å². The van der Waals surface area contributed by atoms with Gasteiger partial charge in [0.05, 0.1) is 16.7 Å². The minimum absolute atomic E-state index is 0.229. The van der Waals surface area contributed by atoms with Crippen LogP contribution in [0.2, 0.25) is 0 Å². The Morgan fingerprint density at radius 3 is 2.33 bits per heavy atom. The maximum Gasteiger partial charge on any atom is 0.343 e. The molecule has 11 atom stereocenters.